The number of hydrogen-bond acceptors (Lipinski definition) is 5. The first-order valence-electron chi connectivity index (χ1n) is 8.10. The average Bonchev–Trinajstić information content (AvgIpc) is 2.63. The van der Waals surface area contributed by atoms with E-state index < -0.39 is 0 Å². The van der Waals surface area contributed by atoms with Gasteiger partial charge in [0.25, 0.3) is 5.56 Å². The van der Waals surface area contributed by atoms with Gasteiger partial charge in [0.15, 0.2) is 5.78 Å². The smallest absolute Gasteiger partial charge is 0.291 e. The molecule has 2 aromatic heterocycles. The van der Waals surface area contributed by atoms with E-state index in [9.17, 15) is 9.59 Å². The number of ketones is 1. The molecule has 0 saturated carbocycles. The van der Waals surface area contributed by atoms with Crippen molar-refractivity contribution in [3.8, 4) is 11.3 Å². The minimum atomic E-state index is -0.377. The average molecular weight is 369 g/mol. The minimum Gasteiger partial charge on any atom is -0.349 e. The number of pyridine rings is 1. The van der Waals surface area contributed by atoms with Crippen LogP contribution in [0.4, 0.5) is 11.4 Å². The van der Waals surface area contributed by atoms with Crippen LogP contribution in [0.2, 0.25) is 5.02 Å². The van der Waals surface area contributed by atoms with Crippen molar-refractivity contribution in [2.45, 2.75) is 20.4 Å². The maximum Gasteiger partial charge on any atom is 0.291 e. The third kappa shape index (κ3) is 3.50. The Bertz CT molecular complexity index is 1020. The summed E-state index contributed by atoms with van der Waals surface area (Å²) in [6.45, 7) is 3.61. The van der Waals surface area contributed by atoms with Gasteiger partial charge in [0.2, 0.25) is 0 Å². The molecule has 7 heteroatoms. The number of aryl methyl sites for hydroxylation is 1. The molecular weight excluding hydrogens is 352 g/mol. The SMILES string of the molecule is CCn1nc(-c2ccccc2)c(C(C)=O)c(Nc2cncc(Cl)c2)c1=O. The summed E-state index contributed by atoms with van der Waals surface area (Å²) in [5.41, 5.74) is 1.76. The van der Waals surface area contributed by atoms with Gasteiger partial charge in [-0.25, -0.2) is 4.68 Å². The summed E-state index contributed by atoms with van der Waals surface area (Å²) in [6.07, 6.45) is 3.03. The van der Waals surface area contributed by atoms with Gasteiger partial charge >= 0.3 is 0 Å². The summed E-state index contributed by atoms with van der Waals surface area (Å²) in [6, 6.07) is 10.9. The van der Waals surface area contributed by atoms with Crippen molar-refractivity contribution in [2.75, 3.05) is 5.32 Å². The van der Waals surface area contributed by atoms with E-state index in [2.05, 4.69) is 15.4 Å². The third-order valence-electron chi connectivity index (χ3n) is 3.83. The van der Waals surface area contributed by atoms with Gasteiger partial charge in [-0.05, 0) is 19.9 Å². The van der Waals surface area contributed by atoms with Crippen LogP contribution in [0, 0.1) is 0 Å². The zero-order valence-corrected chi connectivity index (χ0v) is 15.1. The fourth-order valence-electron chi connectivity index (χ4n) is 2.67. The highest BCUT2D eigenvalue weighted by Crippen LogP contribution is 2.27. The van der Waals surface area contributed by atoms with E-state index in [4.69, 9.17) is 11.6 Å². The molecular formula is C19H17ClN4O2. The summed E-state index contributed by atoms with van der Waals surface area (Å²) in [5, 5.41) is 7.83. The highest BCUT2D eigenvalue weighted by atomic mass is 35.5. The summed E-state index contributed by atoms with van der Waals surface area (Å²) >= 11 is 5.97. The lowest BCUT2D eigenvalue weighted by molar-refractivity contribution is 0.101. The van der Waals surface area contributed by atoms with E-state index in [1.807, 2.05) is 37.3 Å². The standard InChI is InChI=1S/C19H17ClN4O2/c1-3-24-19(26)18(22-15-9-14(20)10-21-11-15)16(12(2)25)17(23-24)13-7-5-4-6-8-13/h4-11,22H,3H2,1-2H3. The Morgan fingerprint density at radius 1 is 1.23 bits per heavy atom. The zero-order chi connectivity index (χ0) is 18.7. The van der Waals surface area contributed by atoms with Crippen LogP contribution in [0.3, 0.4) is 0 Å². The summed E-state index contributed by atoms with van der Waals surface area (Å²) < 4.78 is 1.33. The number of aromatic nitrogens is 3. The fraction of sp³-hybridized carbons (Fsp3) is 0.158. The van der Waals surface area contributed by atoms with Crippen LogP contribution >= 0.6 is 11.6 Å². The number of benzene rings is 1. The summed E-state index contributed by atoms with van der Waals surface area (Å²) in [4.78, 5) is 29.2. The first kappa shape index (κ1) is 17.8. The molecule has 0 atom stereocenters. The van der Waals surface area contributed by atoms with E-state index >= 15 is 0 Å². The number of anilines is 2. The molecule has 0 saturated heterocycles. The van der Waals surface area contributed by atoms with Gasteiger partial charge in [0.05, 0.1) is 22.5 Å². The number of hydrogen-bond donors (Lipinski definition) is 1. The molecule has 26 heavy (non-hydrogen) atoms. The summed E-state index contributed by atoms with van der Waals surface area (Å²) in [7, 11) is 0. The maximum absolute atomic E-state index is 12.8. The zero-order valence-electron chi connectivity index (χ0n) is 14.4. The van der Waals surface area contributed by atoms with Crippen LogP contribution in [-0.4, -0.2) is 20.5 Å². The van der Waals surface area contributed by atoms with E-state index in [1.54, 1.807) is 6.07 Å². The van der Waals surface area contributed by atoms with Crippen molar-refractivity contribution in [3.05, 3.63) is 69.7 Å². The van der Waals surface area contributed by atoms with E-state index in [0.717, 1.165) is 5.56 Å². The number of Topliss-reactive ketones (excluding diaryl/α,β-unsaturated/α-hetero) is 1. The van der Waals surface area contributed by atoms with Gasteiger partial charge < -0.3 is 5.32 Å². The van der Waals surface area contributed by atoms with Crippen LogP contribution < -0.4 is 10.9 Å². The Morgan fingerprint density at radius 3 is 2.58 bits per heavy atom. The van der Waals surface area contributed by atoms with Crippen LogP contribution in [0.25, 0.3) is 11.3 Å². The Balaban J connectivity index is 2.27. The van der Waals surface area contributed by atoms with Crippen LogP contribution in [0.1, 0.15) is 24.2 Å². The van der Waals surface area contributed by atoms with Crippen LogP contribution in [0.15, 0.2) is 53.6 Å². The minimum absolute atomic E-state index is 0.164. The van der Waals surface area contributed by atoms with Crippen molar-refractivity contribution in [1.29, 1.82) is 0 Å². The predicted molar refractivity (Wildman–Crippen MR) is 102 cm³/mol. The largest absolute Gasteiger partial charge is 0.349 e. The molecule has 0 aliphatic carbocycles. The molecule has 0 aliphatic rings. The fourth-order valence-corrected chi connectivity index (χ4v) is 2.84. The second kappa shape index (κ2) is 7.49. The molecule has 0 fully saturated rings. The number of halogens is 1. The molecule has 3 rings (SSSR count). The molecule has 2 heterocycles. The molecule has 1 N–H and O–H groups in total. The van der Waals surface area contributed by atoms with Crippen molar-refractivity contribution in [2.24, 2.45) is 0 Å². The number of nitrogens with one attached hydrogen (secondary N) is 1. The van der Waals surface area contributed by atoms with Gasteiger partial charge in [-0.1, -0.05) is 41.9 Å². The molecule has 0 radical (unpaired) electrons. The number of rotatable bonds is 5. The van der Waals surface area contributed by atoms with Crippen molar-refractivity contribution in [3.63, 3.8) is 0 Å². The van der Waals surface area contributed by atoms with E-state index in [1.165, 1.54) is 24.0 Å². The Morgan fingerprint density at radius 2 is 1.96 bits per heavy atom. The van der Waals surface area contributed by atoms with E-state index in [0.29, 0.717) is 22.9 Å². The second-order valence-electron chi connectivity index (χ2n) is 5.66. The van der Waals surface area contributed by atoms with Crippen molar-refractivity contribution >= 4 is 28.8 Å². The highest BCUT2D eigenvalue weighted by Gasteiger charge is 2.21. The monoisotopic (exact) mass is 368 g/mol. The Labute approximate surface area is 155 Å². The molecule has 3 aromatic rings. The molecule has 132 valence electrons. The molecule has 0 aliphatic heterocycles. The summed E-state index contributed by atoms with van der Waals surface area (Å²) in [5.74, 6) is -0.255. The van der Waals surface area contributed by atoms with Crippen molar-refractivity contribution in [1.82, 2.24) is 14.8 Å². The lowest BCUT2D eigenvalue weighted by atomic mass is 10.0. The molecule has 6 nitrogen and oxygen atoms in total. The van der Waals surface area contributed by atoms with Gasteiger partial charge in [-0.15, -0.1) is 0 Å². The quantitative estimate of drug-likeness (QED) is 0.690. The Hall–Kier alpha value is -2.99. The molecule has 0 amide bonds. The van der Waals surface area contributed by atoms with Crippen LogP contribution in [0.5, 0.6) is 0 Å². The first-order valence-corrected chi connectivity index (χ1v) is 8.48. The number of nitrogens with zero attached hydrogens (tertiary/aromatic N) is 3. The van der Waals surface area contributed by atoms with Crippen LogP contribution in [-0.2, 0) is 6.54 Å². The lowest BCUT2D eigenvalue weighted by Crippen LogP contribution is -2.28. The lowest BCUT2D eigenvalue weighted by Gasteiger charge is -2.16. The number of carbonyl (C=O) groups excluding carboxylic acids is 1. The molecule has 0 unspecified atom stereocenters. The second-order valence-corrected chi connectivity index (χ2v) is 6.10. The predicted octanol–water partition coefficient (Wildman–Crippen LogP) is 3.92. The molecule has 0 bridgehead atoms. The van der Waals surface area contributed by atoms with Gasteiger partial charge in [-0.2, -0.15) is 5.10 Å². The van der Waals surface area contributed by atoms with Gasteiger partial charge in [0.1, 0.15) is 11.4 Å². The topological polar surface area (TPSA) is 76.9 Å². The van der Waals surface area contributed by atoms with Crippen molar-refractivity contribution < 1.29 is 4.79 Å². The normalized spacial score (nSPS) is 10.6. The molecule has 1 aromatic carbocycles. The maximum atomic E-state index is 12.8. The van der Waals surface area contributed by atoms with Gasteiger partial charge in [0, 0.05) is 18.3 Å². The van der Waals surface area contributed by atoms with E-state index in [-0.39, 0.29) is 22.6 Å². The number of carbonyl (C=O) groups is 1. The molecule has 0 spiro atoms. The first-order chi connectivity index (χ1) is 12.5. The third-order valence-corrected chi connectivity index (χ3v) is 4.04. The van der Waals surface area contributed by atoms with Gasteiger partial charge in [-0.3, -0.25) is 14.6 Å². The highest BCUT2D eigenvalue weighted by molar-refractivity contribution is 6.30. The Kier molecular flexibility index (Phi) is 5.14.